The summed E-state index contributed by atoms with van der Waals surface area (Å²) in [5, 5.41) is 0. The van der Waals surface area contributed by atoms with Crippen molar-refractivity contribution >= 4 is 15.9 Å². The number of benzene rings is 1. The number of hydrogen-bond acceptors (Lipinski definition) is 2. The van der Waals surface area contributed by atoms with Gasteiger partial charge in [-0.25, -0.2) is 0 Å². The van der Waals surface area contributed by atoms with E-state index in [2.05, 4.69) is 41.9 Å². The average Bonchev–Trinajstić information content (AvgIpc) is 2.42. The maximum absolute atomic E-state index is 5.97. The zero-order chi connectivity index (χ0) is 15.0. The van der Waals surface area contributed by atoms with E-state index in [1.165, 1.54) is 31.2 Å². The molecule has 2 atom stereocenters. The van der Waals surface area contributed by atoms with Gasteiger partial charge in [-0.3, -0.25) is 0 Å². The Morgan fingerprint density at radius 3 is 2.65 bits per heavy atom. The van der Waals surface area contributed by atoms with Gasteiger partial charge in [-0.1, -0.05) is 49.0 Å². The maximum Gasteiger partial charge on any atom is 0.119 e. The van der Waals surface area contributed by atoms with Gasteiger partial charge in [-0.05, 0) is 49.4 Å². The molecule has 0 saturated carbocycles. The molecule has 1 aromatic rings. The molecule has 1 rings (SSSR count). The molecule has 0 aliphatic carbocycles. The minimum Gasteiger partial charge on any atom is -0.493 e. The Labute approximate surface area is 132 Å². The SMILES string of the molecule is CCCCC(CC)COc1ccc(Br)c(CC(C)N)c1. The fraction of sp³-hybridized carbons (Fsp3) is 0.647. The van der Waals surface area contributed by atoms with Crippen LogP contribution in [0.5, 0.6) is 5.75 Å². The molecule has 0 aliphatic heterocycles. The number of nitrogens with two attached hydrogens (primary N) is 1. The molecular formula is C17H28BrNO. The first-order valence-electron chi connectivity index (χ1n) is 7.73. The summed E-state index contributed by atoms with van der Waals surface area (Å²) in [6, 6.07) is 6.36. The van der Waals surface area contributed by atoms with Crippen LogP contribution in [0, 0.1) is 5.92 Å². The molecule has 114 valence electrons. The van der Waals surface area contributed by atoms with Gasteiger partial charge in [0.2, 0.25) is 0 Å². The summed E-state index contributed by atoms with van der Waals surface area (Å²) in [6.45, 7) is 7.32. The molecule has 0 fully saturated rings. The zero-order valence-electron chi connectivity index (χ0n) is 13.0. The highest BCUT2D eigenvalue weighted by Crippen LogP contribution is 2.24. The van der Waals surface area contributed by atoms with Crippen LogP contribution in [0.25, 0.3) is 0 Å². The third kappa shape index (κ3) is 6.27. The molecule has 20 heavy (non-hydrogen) atoms. The lowest BCUT2D eigenvalue weighted by Gasteiger charge is -2.16. The molecule has 2 N–H and O–H groups in total. The summed E-state index contributed by atoms with van der Waals surface area (Å²) >= 11 is 3.58. The number of rotatable bonds is 9. The van der Waals surface area contributed by atoms with Crippen molar-refractivity contribution in [2.75, 3.05) is 6.61 Å². The van der Waals surface area contributed by atoms with Gasteiger partial charge in [0.15, 0.2) is 0 Å². The van der Waals surface area contributed by atoms with Crippen LogP contribution in [0.1, 0.15) is 52.0 Å². The van der Waals surface area contributed by atoms with Gasteiger partial charge in [-0.15, -0.1) is 0 Å². The number of unbranched alkanes of at least 4 members (excludes halogenated alkanes) is 1. The van der Waals surface area contributed by atoms with E-state index in [-0.39, 0.29) is 6.04 Å². The molecule has 3 heteroatoms. The van der Waals surface area contributed by atoms with Crippen LogP contribution >= 0.6 is 15.9 Å². The minimum absolute atomic E-state index is 0.162. The van der Waals surface area contributed by atoms with Crippen molar-refractivity contribution in [3.63, 3.8) is 0 Å². The minimum atomic E-state index is 0.162. The highest BCUT2D eigenvalue weighted by molar-refractivity contribution is 9.10. The Balaban J connectivity index is 2.58. The molecule has 0 spiro atoms. The lowest BCUT2D eigenvalue weighted by molar-refractivity contribution is 0.233. The standard InChI is InChI=1S/C17H28BrNO/c1-4-6-7-14(5-2)12-20-16-8-9-17(18)15(11-16)10-13(3)19/h8-9,11,13-14H,4-7,10,12,19H2,1-3H3. The van der Waals surface area contributed by atoms with Gasteiger partial charge in [0.25, 0.3) is 0 Å². The smallest absolute Gasteiger partial charge is 0.119 e. The molecule has 2 nitrogen and oxygen atoms in total. The maximum atomic E-state index is 5.97. The van der Waals surface area contributed by atoms with E-state index in [9.17, 15) is 0 Å². The van der Waals surface area contributed by atoms with Crippen LogP contribution in [0.15, 0.2) is 22.7 Å². The van der Waals surface area contributed by atoms with Gasteiger partial charge >= 0.3 is 0 Å². The number of halogens is 1. The Kier molecular flexibility index (Phi) is 8.24. The molecule has 0 aromatic heterocycles. The normalized spacial score (nSPS) is 14.1. The average molecular weight is 342 g/mol. The van der Waals surface area contributed by atoms with Crippen LogP contribution in [-0.4, -0.2) is 12.6 Å². The van der Waals surface area contributed by atoms with Crippen molar-refractivity contribution in [1.29, 1.82) is 0 Å². The lowest BCUT2D eigenvalue weighted by atomic mass is 10.0. The van der Waals surface area contributed by atoms with Crippen molar-refractivity contribution in [2.24, 2.45) is 11.7 Å². The highest BCUT2D eigenvalue weighted by atomic mass is 79.9. The third-order valence-corrected chi connectivity index (χ3v) is 4.36. The first-order valence-corrected chi connectivity index (χ1v) is 8.52. The van der Waals surface area contributed by atoms with Crippen LogP contribution in [0.3, 0.4) is 0 Å². The molecular weight excluding hydrogens is 314 g/mol. The number of hydrogen-bond donors (Lipinski definition) is 1. The molecule has 2 unspecified atom stereocenters. The van der Waals surface area contributed by atoms with Gasteiger partial charge in [0.1, 0.15) is 5.75 Å². The van der Waals surface area contributed by atoms with Crippen molar-refractivity contribution < 1.29 is 4.74 Å². The van der Waals surface area contributed by atoms with E-state index in [0.29, 0.717) is 5.92 Å². The quantitative estimate of drug-likeness (QED) is 0.690. The number of ether oxygens (including phenoxy) is 1. The largest absolute Gasteiger partial charge is 0.493 e. The first kappa shape index (κ1) is 17.5. The van der Waals surface area contributed by atoms with Crippen molar-refractivity contribution in [1.82, 2.24) is 0 Å². The van der Waals surface area contributed by atoms with Crippen LogP contribution in [0.2, 0.25) is 0 Å². The summed E-state index contributed by atoms with van der Waals surface area (Å²) in [4.78, 5) is 0. The second-order valence-corrected chi connectivity index (χ2v) is 6.52. The Morgan fingerprint density at radius 2 is 2.05 bits per heavy atom. The summed E-state index contributed by atoms with van der Waals surface area (Å²) in [5.41, 5.74) is 7.10. The Hall–Kier alpha value is -0.540. The fourth-order valence-corrected chi connectivity index (χ4v) is 2.66. The zero-order valence-corrected chi connectivity index (χ0v) is 14.6. The summed E-state index contributed by atoms with van der Waals surface area (Å²) < 4.78 is 7.08. The van der Waals surface area contributed by atoms with Crippen LogP contribution in [0.4, 0.5) is 0 Å². The van der Waals surface area contributed by atoms with Crippen molar-refractivity contribution in [3.8, 4) is 5.75 Å². The summed E-state index contributed by atoms with van der Waals surface area (Å²) in [5.74, 6) is 1.62. The fourth-order valence-electron chi connectivity index (χ4n) is 2.26. The Morgan fingerprint density at radius 1 is 1.30 bits per heavy atom. The van der Waals surface area contributed by atoms with Gasteiger partial charge in [-0.2, -0.15) is 0 Å². The van der Waals surface area contributed by atoms with E-state index in [1.807, 2.05) is 13.0 Å². The van der Waals surface area contributed by atoms with Gasteiger partial charge < -0.3 is 10.5 Å². The van der Waals surface area contributed by atoms with Gasteiger partial charge in [0.05, 0.1) is 6.61 Å². The van der Waals surface area contributed by atoms with Crippen molar-refractivity contribution in [2.45, 2.75) is 58.9 Å². The molecule has 0 bridgehead atoms. The topological polar surface area (TPSA) is 35.2 Å². The predicted octanol–water partition coefficient (Wildman–Crippen LogP) is 4.93. The monoisotopic (exact) mass is 341 g/mol. The molecule has 0 amide bonds. The van der Waals surface area contributed by atoms with E-state index in [1.54, 1.807) is 0 Å². The van der Waals surface area contributed by atoms with Crippen molar-refractivity contribution in [3.05, 3.63) is 28.2 Å². The van der Waals surface area contributed by atoms with Crippen LogP contribution < -0.4 is 10.5 Å². The second kappa shape index (κ2) is 9.41. The van der Waals surface area contributed by atoms with Crippen LogP contribution in [-0.2, 0) is 6.42 Å². The molecule has 0 heterocycles. The lowest BCUT2D eigenvalue weighted by Crippen LogP contribution is -2.18. The van der Waals surface area contributed by atoms with E-state index >= 15 is 0 Å². The second-order valence-electron chi connectivity index (χ2n) is 5.66. The highest BCUT2D eigenvalue weighted by Gasteiger charge is 2.09. The van der Waals surface area contributed by atoms with Gasteiger partial charge in [0, 0.05) is 10.5 Å². The van der Waals surface area contributed by atoms with E-state index in [0.717, 1.165) is 23.2 Å². The molecule has 0 radical (unpaired) electrons. The predicted molar refractivity (Wildman–Crippen MR) is 90.3 cm³/mol. The summed E-state index contributed by atoms with van der Waals surface area (Å²) in [7, 11) is 0. The third-order valence-electron chi connectivity index (χ3n) is 3.59. The Bertz CT molecular complexity index is 393. The molecule has 0 saturated heterocycles. The van der Waals surface area contributed by atoms with E-state index in [4.69, 9.17) is 10.5 Å². The van der Waals surface area contributed by atoms with E-state index < -0.39 is 0 Å². The molecule has 0 aliphatic rings. The first-order chi connectivity index (χ1) is 9.56. The summed E-state index contributed by atoms with van der Waals surface area (Å²) in [6.07, 6.45) is 5.86. The molecule has 1 aromatic carbocycles.